The number of carbonyl (C=O) groups excluding carboxylic acids is 1. The molecule has 6 nitrogen and oxygen atoms in total. The molecule has 1 saturated heterocycles. The average Bonchev–Trinajstić information content (AvgIpc) is 2.64. The van der Waals surface area contributed by atoms with Crippen LogP contribution >= 0.6 is 0 Å². The Morgan fingerprint density at radius 1 is 1.44 bits per heavy atom. The Bertz CT molecular complexity index is 598. The van der Waals surface area contributed by atoms with Crippen LogP contribution in [0.2, 0.25) is 0 Å². The minimum atomic E-state index is -3.68. The normalized spacial score (nSPS) is 20.5. The molecular weight excluding hydrogens is 254 g/mol. The molecule has 1 fully saturated rings. The van der Waals surface area contributed by atoms with Crippen LogP contribution in [0.5, 0.6) is 0 Å². The summed E-state index contributed by atoms with van der Waals surface area (Å²) < 4.78 is 22.5. The van der Waals surface area contributed by atoms with Gasteiger partial charge in [-0.15, -0.1) is 0 Å². The van der Waals surface area contributed by atoms with Crippen molar-refractivity contribution >= 4 is 21.6 Å². The van der Waals surface area contributed by atoms with Crippen molar-refractivity contribution in [3.8, 4) is 0 Å². The van der Waals surface area contributed by atoms with Crippen molar-refractivity contribution in [2.24, 2.45) is 5.14 Å². The first-order valence-corrected chi connectivity index (χ1v) is 7.15. The molecule has 1 amide bonds. The lowest BCUT2D eigenvalue weighted by Crippen LogP contribution is -2.32. The van der Waals surface area contributed by atoms with E-state index in [1.54, 1.807) is 6.20 Å². The van der Waals surface area contributed by atoms with Gasteiger partial charge < -0.3 is 4.90 Å². The summed E-state index contributed by atoms with van der Waals surface area (Å²) in [6.07, 6.45) is 1.51. The van der Waals surface area contributed by atoms with Crippen molar-refractivity contribution in [2.75, 3.05) is 11.4 Å². The van der Waals surface area contributed by atoms with Gasteiger partial charge in [0.2, 0.25) is 15.9 Å². The Balaban J connectivity index is 2.30. The Labute approximate surface area is 106 Å². The first-order chi connectivity index (χ1) is 8.29. The van der Waals surface area contributed by atoms with Crippen molar-refractivity contribution in [2.45, 2.75) is 25.5 Å². The summed E-state index contributed by atoms with van der Waals surface area (Å²) in [6, 6.07) is 1.83. The lowest BCUT2D eigenvalue weighted by molar-refractivity contribution is -0.117. The summed E-state index contributed by atoms with van der Waals surface area (Å²) >= 11 is 0. The van der Waals surface area contributed by atoms with Crippen LogP contribution in [0, 0.1) is 13.8 Å². The highest BCUT2D eigenvalue weighted by Gasteiger charge is 2.37. The van der Waals surface area contributed by atoms with E-state index in [2.05, 4.69) is 4.98 Å². The van der Waals surface area contributed by atoms with Crippen molar-refractivity contribution < 1.29 is 13.2 Å². The third kappa shape index (κ3) is 2.37. The molecule has 1 atom stereocenters. The number of hydrogen-bond donors (Lipinski definition) is 1. The van der Waals surface area contributed by atoms with E-state index in [9.17, 15) is 13.2 Å². The summed E-state index contributed by atoms with van der Waals surface area (Å²) in [5.74, 6) is -0.237. The molecule has 1 aliphatic rings. The molecule has 1 unspecified atom stereocenters. The Kier molecular flexibility index (Phi) is 3.12. The van der Waals surface area contributed by atoms with Gasteiger partial charge >= 0.3 is 0 Å². The van der Waals surface area contributed by atoms with E-state index >= 15 is 0 Å². The van der Waals surface area contributed by atoms with Gasteiger partial charge in [-0.3, -0.25) is 9.78 Å². The fourth-order valence-corrected chi connectivity index (χ4v) is 2.65. The van der Waals surface area contributed by atoms with Gasteiger partial charge in [0.1, 0.15) is 5.25 Å². The molecule has 0 saturated carbocycles. The molecule has 2 N–H and O–H groups in total. The van der Waals surface area contributed by atoms with E-state index in [4.69, 9.17) is 5.14 Å². The van der Waals surface area contributed by atoms with Gasteiger partial charge in [0, 0.05) is 18.7 Å². The third-order valence-electron chi connectivity index (χ3n) is 3.19. The van der Waals surface area contributed by atoms with Gasteiger partial charge in [-0.05, 0) is 25.5 Å². The Morgan fingerprint density at radius 2 is 2.11 bits per heavy atom. The molecule has 0 radical (unpaired) electrons. The summed E-state index contributed by atoms with van der Waals surface area (Å²) in [5.41, 5.74) is 2.46. The summed E-state index contributed by atoms with van der Waals surface area (Å²) in [6.45, 7) is 3.86. The van der Waals surface area contributed by atoms with E-state index in [1.807, 2.05) is 19.9 Å². The van der Waals surface area contributed by atoms with Gasteiger partial charge in [0.05, 0.1) is 11.9 Å². The van der Waals surface area contributed by atoms with E-state index in [0.29, 0.717) is 5.69 Å². The number of aryl methyl sites for hydroxylation is 2. The molecule has 0 bridgehead atoms. The maximum Gasteiger partial charge on any atom is 0.228 e. The quantitative estimate of drug-likeness (QED) is 0.823. The predicted octanol–water partition coefficient (Wildman–Crippen LogP) is 0.0922. The van der Waals surface area contributed by atoms with Crippen LogP contribution < -0.4 is 10.0 Å². The number of aromatic nitrogens is 1. The van der Waals surface area contributed by atoms with Crippen LogP contribution in [0.25, 0.3) is 0 Å². The minimum Gasteiger partial charge on any atom is -0.309 e. The van der Waals surface area contributed by atoms with Crippen molar-refractivity contribution in [1.82, 2.24) is 4.98 Å². The third-order valence-corrected chi connectivity index (χ3v) is 4.44. The molecule has 1 aromatic heterocycles. The zero-order valence-corrected chi connectivity index (χ0v) is 11.1. The molecule has 0 aliphatic carbocycles. The smallest absolute Gasteiger partial charge is 0.228 e. The molecule has 18 heavy (non-hydrogen) atoms. The SMILES string of the molecule is Cc1cc(N2CC(S(N)(=O)=O)CC2=O)cnc1C. The highest BCUT2D eigenvalue weighted by Crippen LogP contribution is 2.24. The first kappa shape index (κ1) is 13.0. The number of hydrogen-bond acceptors (Lipinski definition) is 4. The number of primary sulfonamides is 1. The number of sulfonamides is 1. The monoisotopic (exact) mass is 269 g/mol. The maximum absolute atomic E-state index is 11.8. The van der Waals surface area contributed by atoms with Crippen LogP contribution in [0.1, 0.15) is 17.7 Å². The zero-order valence-electron chi connectivity index (χ0n) is 10.3. The fourth-order valence-electron chi connectivity index (χ4n) is 1.92. The van der Waals surface area contributed by atoms with Crippen LogP contribution in [0.15, 0.2) is 12.3 Å². The van der Waals surface area contributed by atoms with Crippen LogP contribution in [-0.2, 0) is 14.8 Å². The summed E-state index contributed by atoms with van der Waals surface area (Å²) in [4.78, 5) is 17.4. The molecule has 0 spiro atoms. The van der Waals surface area contributed by atoms with Gasteiger partial charge in [-0.2, -0.15) is 0 Å². The highest BCUT2D eigenvalue weighted by molar-refractivity contribution is 7.89. The molecule has 98 valence electrons. The molecule has 2 rings (SSSR count). The number of nitrogens with zero attached hydrogens (tertiary/aromatic N) is 2. The number of rotatable bonds is 2. The van der Waals surface area contributed by atoms with Crippen molar-refractivity contribution in [1.29, 1.82) is 0 Å². The second kappa shape index (κ2) is 4.33. The van der Waals surface area contributed by atoms with Gasteiger partial charge in [0.15, 0.2) is 0 Å². The summed E-state index contributed by atoms with van der Waals surface area (Å²) in [7, 11) is -3.68. The van der Waals surface area contributed by atoms with Gasteiger partial charge in [-0.1, -0.05) is 0 Å². The number of pyridine rings is 1. The molecule has 7 heteroatoms. The fraction of sp³-hybridized carbons (Fsp3) is 0.455. The largest absolute Gasteiger partial charge is 0.309 e. The zero-order chi connectivity index (χ0) is 13.5. The minimum absolute atomic E-state index is 0.0637. The number of nitrogens with two attached hydrogens (primary N) is 1. The topological polar surface area (TPSA) is 93.4 Å². The van der Waals surface area contributed by atoms with Crippen LogP contribution in [0.4, 0.5) is 5.69 Å². The van der Waals surface area contributed by atoms with E-state index in [1.165, 1.54) is 4.90 Å². The lowest BCUT2D eigenvalue weighted by atomic mass is 10.2. The van der Waals surface area contributed by atoms with Crippen molar-refractivity contribution in [3.63, 3.8) is 0 Å². The molecule has 0 aromatic carbocycles. The average molecular weight is 269 g/mol. The summed E-state index contributed by atoms with van der Waals surface area (Å²) in [5, 5.41) is 4.25. The molecular formula is C11H15N3O3S. The second-order valence-electron chi connectivity index (χ2n) is 4.52. The molecule has 1 aromatic rings. The molecule has 1 aliphatic heterocycles. The van der Waals surface area contributed by atoms with Gasteiger partial charge in [-0.25, -0.2) is 13.6 Å². The van der Waals surface area contributed by atoms with Gasteiger partial charge in [0.25, 0.3) is 0 Å². The van der Waals surface area contributed by atoms with Crippen LogP contribution in [-0.4, -0.2) is 31.1 Å². The number of carbonyl (C=O) groups is 1. The second-order valence-corrected chi connectivity index (χ2v) is 6.36. The Hall–Kier alpha value is -1.47. The highest BCUT2D eigenvalue weighted by atomic mass is 32.2. The standard InChI is InChI=1S/C11H15N3O3S/c1-7-3-9(5-13-8(7)2)14-6-10(4-11(14)15)18(12,16)17/h3,5,10H,4,6H2,1-2H3,(H2,12,16,17). The van der Waals surface area contributed by atoms with E-state index in [-0.39, 0.29) is 18.9 Å². The number of amides is 1. The predicted molar refractivity (Wildman–Crippen MR) is 67.6 cm³/mol. The first-order valence-electron chi connectivity index (χ1n) is 5.54. The molecule has 2 heterocycles. The van der Waals surface area contributed by atoms with Crippen LogP contribution in [0.3, 0.4) is 0 Å². The van der Waals surface area contributed by atoms with E-state index in [0.717, 1.165) is 11.3 Å². The maximum atomic E-state index is 11.8. The van der Waals surface area contributed by atoms with Crippen molar-refractivity contribution in [3.05, 3.63) is 23.5 Å². The lowest BCUT2D eigenvalue weighted by Gasteiger charge is -2.16. The number of anilines is 1. The van der Waals surface area contributed by atoms with E-state index < -0.39 is 15.3 Å². The Morgan fingerprint density at radius 3 is 2.61 bits per heavy atom.